The molecular formula is C24H22ClF4NO2. The van der Waals surface area contributed by atoms with E-state index >= 15 is 0 Å². The third kappa shape index (κ3) is 6.60. The highest BCUT2D eigenvalue weighted by atomic mass is 35.5. The minimum atomic E-state index is -4.59. The molecule has 0 aliphatic carbocycles. The van der Waals surface area contributed by atoms with Crippen molar-refractivity contribution in [1.29, 1.82) is 0 Å². The normalized spacial score (nSPS) is 11.9. The van der Waals surface area contributed by atoms with Gasteiger partial charge in [-0.15, -0.1) is 11.6 Å². The van der Waals surface area contributed by atoms with Crippen LogP contribution in [0.1, 0.15) is 40.3 Å². The predicted molar refractivity (Wildman–Crippen MR) is 116 cm³/mol. The van der Waals surface area contributed by atoms with Crippen LogP contribution in [0.25, 0.3) is 12.2 Å². The molecule has 0 bridgehead atoms. The highest BCUT2D eigenvalue weighted by Crippen LogP contribution is 2.30. The summed E-state index contributed by atoms with van der Waals surface area (Å²) in [6.45, 7) is 2.56. The van der Waals surface area contributed by atoms with E-state index in [-0.39, 0.29) is 11.5 Å². The molecule has 170 valence electrons. The van der Waals surface area contributed by atoms with Crippen LogP contribution in [-0.2, 0) is 19.0 Å². The van der Waals surface area contributed by atoms with Crippen molar-refractivity contribution in [2.45, 2.75) is 32.4 Å². The molecule has 0 aliphatic heterocycles. The number of rotatable bonds is 9. The molecule has 2 aromatic carbocycles. The van der Waals surface area contributed by atoms with Gasteiger partial charge in [-0.2, -0.15) is 13.2 Å². The fourth-order valence-corrected chi connectivity index (χ4v) is 3.16. The standard InChI is InChI=1S/C24H22ClF4NO2/c1-16-13-17(4-9-22(16)31-12-2-11-25)3-8-20-15-32-23(30-20)10-6-18-5-7-19(14-21(18)26)24(27,28)29/h4-7,9-10,13-15H,2-3,8,11-12H2,1H3/b10-6+. The summed E-state index contributed by atoms with van der Waals surface area (Å²) in [5.74, 6) is 0.681. The maximum atomic E-state index is 13.9. The summed E-state index contributed by atoms with van der Waals surface area (Å²) < 4.78 is 62.9. The average molecular weight is 468 g/mol. The fraction of sp³-hybridized carbons (Fsp3) is 0.292. The van der Waals surface area contributed by atoms with Crippen LogP contribution in [0.5, 0.6) is 5.75 Å². The number of hydrogen-bond donors (Lipinski definition) is 0. The van der Waals surface area contributed by atoms with E-state index in [9.17, 15) is 17.6 Å². The molecule has 3 aromatic rings. The smallest absolute Gasteiger partial charge is 0.416 e. The maximum absolute atomic E-state index is 13.9. The lowest BCUT2D eigenvalue weighted by Crippen LogP contribution is -2.05. The van der Waals surface area contributed by atoms with Crippen LogP contribution in [0.2, 0.25) is 0 Å². The third-order valence-corrected chi connectivity index (χ3v) is 5.01. The van der Waals surface area contributed by atoms with Gasteiger partial charge in [0, 0.05) is 17.5 Å². The summed E-state index contributed by atoms with van der Waals surface area (Å²) in [5.41, 5.74) is 1.87. The Bertz CT molecular complexity index is 1080. The molecule has 0 aliphatic rings. The first-order valence-corrected chi connectivity index (χ1v) is 10.6. The van der Waals surface area contributed by atoms with Crippen LogP contribution in [0, 0.1) is 12.7 Å². The number of aryl methyl sites for hydroxylation is 3. The van der Waals surface area contributed by atoms with E-state index in [0.717, 1.165) is 47.5 Å². The quantitative estimate of drug-likeness (QED) is 0.191. The van der Waals surface area contributed by atoms with E-state index in [2.05, 4.69) is 11.1 Å². The fourth-order valence-electron chi connectivity index (χ4n) is 3.05. The maximum Gasteiger partial charge on any atom is 0.416 e. The van der Waals surface area contributed by atoms with Crippen molar-refractivity contribution in [2.75, 3.05) is 12.5 Å². The van der Waals surface area contributed by atoms with Crippen molar-refractivity contribution in [3.05, 3.63) is 82.3 Å². The second kappa shape index (κ2) is 10.7. The van der Waals surface area contributed by atoms with Gasteiger partial charge in [0.05, 0.1) is 17.9 Å². The highest BCUT2D eigenvalue weighted by molar-refractivity contribution is 6.17. The van der Waals surface area contributed by atoms with E-state index in [1.165, 1.54) is 18.4 Å². The zero-order valence-electron chi connectivity index (χ0n) is 17.4. The van der Waals surface area contributed by atoms with Crippen molar-refractivity contribution in [3.8, 4) is 5.75 Å². The van der Waals surface area contributed by atoms with E-state index in [4.69, 9.17) is 20.8 Å². The van der Waals surface area contributed by atoms with Gasteiger partial charge in [-0.1, -0.05) is 18.2 Å². The number of hydrogen-bond acceptors (Lipinski definition) is 3. The first-order valence-electron chi connectivity index (χ1n) is 10.0. The van der Waals surface area contributed by atoms with Gasteiger partial charge in [0.25, 0.3) is 0 Å². The number of benzene rings is 2. The lowest BCUT2D eigenvalue weighted by molar-refractivity contribution is -0.137. The van der Waals surface area contributed by atoms with Gasteiger partial charge in [-0.05, 0) is 61.6 Å². The van der Waals surface area contributed by atoms with Gasteiger partial charge in [-0.25, -0.2) is 9.37 Å². The van der Waals surface area contributed by atoms with Crippen LogP contribution >= 0.6 is 11.6 Å². The molecule has 3 nitrogen and oxygen atoms in total. The van der Waals surface area contributed by atoms with E-state index < -0.39 is 17.6 Å². The van der Waals surface area contributed by atoms with Gasteiger partial charge in [0.1, 0.15) is 17.8 Å². The number of ether oxygens (including phenoxy) is 1. The van der Waals surface area contributed by atoms with Crippen molar-refractivity contribution in [2.24, 2.45) is 0 Å². The Morgan fingerprint density at radius 2 is 1.91 bits per heavy atom. The van der Waals surface area contributed by atoms with E-state index in [1.807, 2.05) is 19.1 Å². The van der Waals surface area contributed by atoms with Crippen LogP contribution in [0.4, 0.5) is 17.6 Å². The molecule has 0 spiro atoms. The van der Waals surface area contributed by atoms with Crippen LogP contribution in [-0.4, -0.2) is 17.5 Å². The molecule has 1 heterocycles. The van der Waals surface area contributed by atoms with Crippen LogP contribution < -0.4 is 4.74 Å². The summed E-state index contributed by atoms with van der Waals surface area (Å²) in [6.07, 6.45) is 1.85. The molecule has 3 rings (SSSR count). The number of oxazole rings is 1. The topological polar surface area (TPSA) is 35.3 Å². The van der Waals surface area contributed by atoms with Crippen molar-refractivity contribution < 1.29 is 26.7 Å². The Balaban J connectivity index is 1.58. The van der Waals surface area contributed by atoms with E-state index in [1.54, 1.807) is 0 Å². The molecule has 0 unspecified atom stereocenters. The van der Waals surface area contributed by atoms with Gasteiger partial charge >= 0.3 is 6.18 Å². The molecule has 0 fully saturated rings. The number of alkyl halides is 4. The van der Waals surface area contributed by atoms with Crippen LogP contribution in [0.3, 0.4) is 0 Å². The van der Waals surface area contributed by atoms with Gasteiger partial charge < -0.3 is 9.15 Å². The van der Waals surface area contributed by atoms with Gasteiger partial charge in [-0.3, -0.25) is 0 Å². The molecule has 0 saturated heterocycles. The largest absolute Gasteiger partial charge is 0.493 e. The SMILES string of the molecule is Cc1cc(CCc2coc(/C=C/c3ccc(C(F)(F)F)cc3F)n2)ccc1OCCCCl. The second-order valence-corrected chi connectivity index (χ2v) is 7.61. The Morgan fingerprint density at radius 3 is 2.59 bits per heavy atom. The molecule has 0 amide bonds. The molecule has 8 heteroatoms. The summed E-state index contributed by atoms with van der Waals surface area (Å²) in [6, 6.07) is 8.37. The minimum absolute atomic E-state index is 0.0154. The molecule has 0 N–H and O–H groups in total. The molecule has 32 heavy (non-hydrogen) atoms. The van der Waals surface area contributed by atoms with Crippen molar-refractivity contribution in [3.63, 3.8) is 0 Å². The predicted octanol–water partition coefficient (Wildman–Crippen LogP) is 7.10. The average Bonchev–Trinajstić information content (AvgIpc) is 3.20. The summed E-state index contributed by atoms with van der Waals surface area (Å²) in [4.78, 5) is 4.32. The molecule has 0 saturated carbocycles. The Labute approximate surface area is 188 Å². The third-order valence-electron chi connectivity index (χ3n) is 4.75. The zero-order valence-corrected chi connectivity index (χ0v) is 18.1. The molecule has 1 aromatic heterocycles. The first-order chi connectivity index (χ1) is 15.3. The first kappa shape index (κ1) is 23.9. The summed E-state index contributed by atoms with van der Waals surface area (Å²) >= 11 is 5.66. The molecular weight excluding hydrogens is 446 g/mol. The lowest BCUT2D eigenvalue weighted by Gasteiger charge is -2.10. The lowest BCUT2D eigenvalue weighted by atomic mass is 10.1. The van der Waals surface area contributed by atoms with Gasteiger partial charge in [0.2, 0.25) is 5.89 Å². The summed E-state index contributed by atoms with van der Waals surface area (Å²) in [7, 11) is 0. The zero-order chi connectivity index (χ0) is 23.1. The number of nitrogens with zero attached hydrogens (tertiary/aromatic N) is 1. The Kier molecular flexibility index (Phi) is 7.96. The second-order valence-electron chi connectivity index (χ2n) is 7.24. The monoisotopic (exact) mass is 467 g/mol. The molecule has 0 radical (unpaired) electrons. The minimum Gasteiger partial charge on any atom is -0.493 e. The summed E-state index contributed by atoms with van der Waals surface area (Å²) in [5, 5.41) is 0. The Morgan fingerprint density at radius 1 is 1.09 bits per heavy atom. The van der Waals surface area contributed by atoms with E-state index in [0.29, 0.717) is 25.0 Å². The van der Waals surface area contributed by atoms with Crippen molar-refractivity contribution in [1.82, 2.24) is 4.98 Å². The van der Waals surface area contributed by atoms with Crippen LogP contribution in [0.15, 0.2) is 47.1 Å². The van der Waals surface area contributed by atoms with Gasteiger partial charge in [0.15, 0.2) is 0 Å². The number of halogens is 5. The number of aromatic nitrogens is 1. The molecule has 0 atom stereocenters. The highest BCUT2D eigenvalue weighted by Gasteiger charge is 2.30. The Hall–Kier alpha value is -2.80. The van der Waals surface area contributed by atoms with Crippen molar-refractivity contribution >= 4 is 23.8 Å².